The largest absolute Gasteiger partial charge is 0.493 e. The van der Waals surface area contributed by atoms with Crippen LogP contribution in [-0.2, 0) is 10.0 Å². The van der Waals surface area contributed by atoms with Crippen molar-refractivity contribution < 1.29 is 22.6 Å². The van der Waals surface area contributed by atoms with Crippen LogP contribution < -0.4 is 24.7 Å². The van der Waals surface area contributed by atoms with E-state index in [9.17, 15) is 8.42 Å². The molecule has 0 aliphatic heterocycles. The molecule has 0 radical (unpaired) electrons. The van der Waals surface area contributed by atoms with Crippen LogP contribution in [0.4, 0.5) is 5.82 Å². The van der Waals surface area contributed by atoms with Crippen LogP contribution in [0.2, 0.25) is 0 Å². The molecule has 3 heterocycles. The Morgan fingerprint density at radius 2 is 1.74 bits per heavy atom. The number of anilines is 1. The van der Waals surface area contributed by atoms with Crippen molar-refractivity contribution in [1.82, 2.24) is 19.9 Å². The van der Waals surface area contributed by atoms with Gasteiger partial charge in [-0.2, -0.15) is 13.4 Å². The van der Waals surface area contributed by atoms with Gasteiger partial charge in [-0.25, -0.2) is 9.97 Å². The summed E-state index contributed by atoms with van der Waals surface area (Å²) in [6.07, 6.45) is 4.68. The minimum atomic E-state index is -4.18. The number of rotatable bonds is 11. The maximum atomic E-state index is 13.4. The number of ether oxygens (including phenoxy) is 3. The molecular formula is C26H28N6O5S. The van der Waals surface area contributed by atoms with E-state index in [1.54, 1.807) is 54.9 Å². The van der Waals surface area contributed by atoms with E-state index in [0.717, 1.165) is 5.56 Å². The van der Waals surface area contributed by atoms with Gasteiger partial charge in [0.05, 0.1) is 7.11 Å². The molecule has 0 aliphatic rings. The molecule has 0 fully saturated rings. The topological polar surface area (TPSA) is 151 Å². The van der Waals surface area contributed by atoms with E-state index < -0.39 is 10.0 Å². The summed E-state index contributed by atoms with van der Waals surface area (Å²) in [5.41, 5.74) is 7.16. The third kappa shape index (κ3) is 6.15. The lowest BCUT2D eigenvalue weighted by Gasteiger charge is -2.18. The maximum absolute atomic E-state index is 13.4. The van der Waals surface area contributed by atoms with Crippen molar-refractivity contribution >= 4 is 15.8 Å². The van der Waals surface area contributed by atoms with Crippen LogP contribution in [-0.4, -0.2) is 48.6 Å². The van der Waals surface area contributed by atoms with Crippen molar-refractivity contribution in [3.63, 3.8) is 0 Å². The van der Waals surface area contributed by atoms with Crippen molar-refractivity contribution in [1.29, 1.82) is 0 Å². The van der Waals surface area contributed by atoms with Crippen LogP contribution in [0.5, 0.6) is 23.1 Å². The minimum Gasteiger partial charge on any atom is -0.493 e. The van der Waals surface area contributed by atoms with Crippen LogP contribution in [0.3, 0.4) is 0 Å². The zero-order chi connectivity index (χ0) is 27.1. The second-order valence-corrected chi connectivity index (χ2v) is 9.98. The fraction of sp³-hybridized carbons (Fsp3) is 0.231. The van der Waals surface area contributed by atoms with E-state index in [-0.39, 0.29) is 47.4 Å². The summed E-state index contributed by atoms with van der Waals surface area (Å²) in [5, 5.41) is -0.182. The van der Waals surface area contributed by atoms with Gasteiger partial charge in [-0.3, -0.25) is 9.71 Å². The standard InChI is InChI=1S/C26H28N6O5S/c1-17(2)19-8-9-22(29-16-19)38(33,34)32-25-23(37-21-7-5-4-6-20(21)35-3)26(36-15-12-27)31-24(30-25)18-10-13-28-14-11-18/h4-11,13-14,16-17H,12,15,27H2,1-3H3,(H,30,31,32). The summed E-state index contributed by atoms with van der Waals surface area (Å²) in [5.74, 6) is 0.863. The molecule has 38 heavy (non-hydrogen) atoms. The van der Waals surface area contributed by atoms with E-state index in [2.05, 4.69) is 24.7 Å². The highest BCUT2D eigenvalue weighted by atomic mass is 32.2. The summed E-state index contributed by atoms with van der Waals surface area (Å²) < 4.78 is 46.6. The highest BCUT2D eigenvalue weighted by molar-refractivity contribution is 7.92. The van der Waals surface area contributed by atoms with E-state index in [1.807, 2.05) is 13.8 Å². The van der Waals surface area contributed by atoms with Crippen LogP contribution in [0, 0.1) is 0 Å². The number of nitrogens with zero attached hydrogens (tertiary/aromatic N) is 4. The molecule has 3 aromatic heterocycles. The lowest BCUT2D eigenvalue weighted by Crippen LogP contribution is -2.18. The Kier molecular flexibility index (Phi) is 8.34. The lowest BCUT2D eigenvalue weighted by molar-refractivity contribution is 0.296. The highest BCUT2D eigenvalue weighted by Crippen LogP contribution is 2.41. The number of methoxy groups -OCH3 is 1. The summed E-state index contributed by atoms with van der Waals surface area (Å²) in [7, 11) is -2.68. The van der Waals surface area contributed by atoms with Crippen LogP contribution in [0.15, 0.2) is 72.1 Å². The molecule has 0 aliphatic carbocycles. The molecule has 0 saturated carbocycles. The third-order valence-corrected chi connectivity index (χ3v) is 6.60. The molecule has 0 atom stereocenters. The molecule has 0 spiro atoms. The van der Waals surface area contributed by atoms with Gasteiger partial charge in [0.25, 0.3) is 15.9 Å². The number of nitrogens with one attached hydrogen (secondary N) is 1. The molecule has 11 nitrogen and oxygen atoms in total. The Morgan fingerprint density at radius 1 is 1.00 bits per heavy atom. The van der Waals surface area contributed by atoms with Crippen molar-refractivity contribution in [3.05, 3.63) is 72.7 Å². The summed E-state index contributed by atoms with van der Waals surface area (Å²) in [4.78, 5) is 17.1. The quantitative estimate of drug-likeness (QED) is 0.288. The predicted octanol–water partition coefficient (Wildman–Crippen LogP) is 4.00. The highest BCUT2D eigenvalue weighted by Gasteiger charge is 2.26. The zero-order valence-electron chi connectivity index (χ0n) is 21.2. The zero-order valence-corrected chi connectivity index (χ0v) is 22.0. The van der Waals surface area contributed by atoms with Gasteiger partial charge in [0.15, 0.2) is 28.2 Å². The van der Waals surface area contributed by atoms with E-state index in [4.69, 9.17) is 19.9 Å². The summed E-state index contributed by atoms with van der Waals surface area (Å²) >= 11 is 0. The van der Waals surface area contributed by atoms with Gasteiger partial charge in [-0.05, 0) is 41.8 Å². The number of hydrogen-bond acceptors (Lipinski definition) is 10. The normalized spacial score (nSPS) is 11.3. The van der Waals surface area contributed by atoms with Crippen molar-refractivity contribution in [2.45, 2.75) is 24.8 Å². The average molecular weight is 537 g/mol. The molecule has 0 saturated heterocycles. The molecule has 4 rings (SSSR count). The molecule has 4 aromatic rings. The molecule has 198 valence electrons. The second kappa shape index (κ2) is 11.8. The first kappa shape index (κ1) is 26.8. The van der Waals surface area contributed by atoms with Gasteiger partial charge in [0, 0.05) is 30.7 Å². The maximum Gasteiger partial charge on any atom is 0.280 e. The fourth-order valence-corrected chi connectivity index (χ4v) is 4.30. The smallest absolute Gasteiger partial charge is 0.280 e. The van der Waals surface area contributed by atoms with Crippen LogP contribution >= 0.6 is 0 Å². The van der Waals surface area contributed by atoms with Gasteiger partial charge in [-0.15, -0.1) is 0 Å². The molecule has 12 heteroatoms. The second-order valence-electron chi connectivity index (χ2n) is 8.35. The lowest BCUT2D eigenvalue weighted by atomic mass is 10.1. The number of pyridine rings is 2. The molecule has 0 amide bonds. The van der Waals surface area contributed by atoms with Gasteiger partial charge in [-0.1, -0.05) is 32.0 Å². The molecule has 1 aromatic carbocycles. The van der Waals surface area contributed by atoms with E-state index in [1.165, 1.54) is 19.4 Å². The number of benzene rings is 1. The molecule has 3 N–H and O–H groups in total. The summed E-state index contributed by atoms with van der Waals surface area (Å²) in [6, 6.07) is 13.4. The fourth-order valence-electron chi connectivity index (χ4n) is 3.36. The SMILES string of the molecule is COc1ccccc1Oc1c(NS(=O)(=O)c2ccc(C(C)C)cn2)nc(-c2ccncc2)nc1OCCN. The Morgan fingerprint density at radius 3 is 2.37 bits per heavy atom. The number of nitrogens with two attached hydrogens (primary N) is 1. The average Bonchev–Trinajstić information content (AvgIpc) is 2.93. The van der Waals surface area contributed by atoms with Gasteiger partial charge in [0.2, 0.25) is 5.75 Å². The van der Waals surface area contributed by atoms with Crippen molar-refractivity contribution in [3.8, 4) is 34.5 Å². The first-order valence-corrected chi connectivity index (χ1v) is 13.3. The Bertz CT molecular complexity index is 1480. The number of sulfonamides is 1. The monoisotopic (exact) mass is 536 g/mol. The van der Waals surface area contributed by atoms with E-state index in [0.29, 0.717) is 17.1 Å². The van der Waals surface area contributed by atoms with E-state index >= 15 is 0 Å². The Labute approximate surface area is 221 Å². The Hall–Kier alpha value is -4.29. The first-order valence-electron chi connectivity index (χ1n) is 11.8. The number of hydrogen-bond donors (Lipinski definition) is 2. The van der Waals surface area contributed by atoms with Gasteiger partial charge < -0.3 is 19.9 Å². The predicted molar refractivity (Wildman–Crippen MR) is 142 cm³/mol. The van der Waals surface area contributed by atoms with Crippen molar-refractivity contribution in [2.24, 2.45) is 5.73 Å². The van der Waals surface area contributed by atoms with Gasteiger partial charge >= 0.3 is 0 Å². The molecule has 0 unspecified atom stereocenters. The van der Waals surface area contributed by atoms with Crippen LogP contribution in [0.25, 0.3) is 11.4 Å². The number of aromatic nitrogens is 4. The van der Waals surface area contributed by atoms with Gasteiger partial charge in [0.1, 0.15) is 6.61 Å². The minimum absolute atomic E-state index is 0.0102. The van der Waals surface area contributed by atoms with Crippen LogP contribution in [0.1, 0.15) is 25.3 Å². The summed E-state index contributed by atoms with van der Waals surface area (Å²) in [6.45, 7) is 4.28. The third-order valence-electron chi connectivity index (χ3n) is 5.34. The molecule has 0 bridgehead atoms. The molecular weight excluding hydrogens is 508 g/mol. The van der Waals surface area contributed by atoms with Crippen molar-refractivity contribution in [2.75, 3.05) is 25.0 Å². The first-order chi connectivity index (χ1) is 18.3. The Balaban J connectivity index is 1.85. The number of para-hydroxylation sites is 2.